The average Bonchev–Trinajstić information content (AvgIpc) is 2.82. The second-order valence-electron chi connectivity index (χ2n) is 9.29. The molecule has 7 heteroatoms. The van der Waals surface area contributed by atoms with E-state index < -0.39 is 29.3 Å². The van der Waals surface area contributed by atoms with Crippen LogP contribution in [0.1, 0.15) is 61.8 Å². The maximum atomic E-state index is 10.9. The van der Waals surface area contributed by atoms with Crippen molar-refractivity contribution in [3.63, 3.8) is 0 Å². The minimum Gasteiger partial charge on any atom is -0.414 e. The van der Waals surface area contributed by atoms with Crippen molar-refractivity contribution in [2.75, 3.05) is 6.61 Å². The molecule has 27 heavy (non-hydrogen) atoms. The van der Waals surface area contributed by atoms with Crippen LogP contribution in [0.5, 0.6) is 0 Å². The fraction of sp³-hybridized carbons (Fsp3) is 0.900. The van der Waals surface area contributed by atoms with Gasteiger partial charge in [0.15, 0.2) is 0 Å². The number of rotatable bonds is 6. The zero-order valence-electron chi connectivity index (χ0n) is 18.4. The first-order valence-corrected chi connectivity index (χ1v) is 14.4. The van der Waals surface area contributed by atoms with E-state index in [0.717, 1.165) is 0 Å². The normalized spacial score (nSPS) is 33.4. The van der Waals surface area contributed by atoms with Crippen LogP contribution in [0, 0.1) is 0 Å². The van der Waals surface area contributed by atoms with Gasteiger partial charge in [-0.25, -0.2) is 0 Å². The number of hydrogen-bond acceptors (Lipinski definition) is 5. The molecule has 0 bridgehead atoms. The lowest BCUT2D eigenvalue weighted by atomic mass is 10.1. The van der Waals surface area contributed by atoms with Gasteiger partial charge in [0.05, 0.1) is 12.7 Å². The van der Waals surface area contributed by atoms with E-state index in [1.807, 2.05) is 0 Å². The number of fused-ring (bicyclic) bond motifs is 1. The smallest absolute Gasteiger partial charge is 0.335 e. The highest BCUT2D eigenvalue weighted by atomic mass is 28.5. The van der Waals surface area contributed by atoms with Gasteiger partial charge in [0.2, 0.25) is 0 Å². The molecule has 0 aliphatic carbocycles. The third kappa shape index (κ3) is 4.15. The summed E-state index contributed by atoms with van der Waals surface area (Å²) in [6.07, 6.45) is 0.755. The molecule has 0 radical (unpaired) electrons. The molecular formula is C20H40O5Si2. The van der Waals surface area contributed by atoms with Crippen LogP contribution >= 0.6 is 0 Å². The van der Waals surface area contributed by atoms with Gasteiger partial charge < -0.3 is 22.8 Å². The van der Waals surface area contributed by atoms with E-state index in [9.17, 15) is 5.11 Å². The van der Waals surface area contributed by atoms with Crippen LogP contribution in [0.25, 0.3) is 0 Å². The summed E-state index contributed by atoms with van der Waals surface area (Å²) in [5, 5.41) is 10.9. The molecule has 2 fully saturated rings. The fourth-order valence-electron chi connectivity index (χ4n) is 4.59. The van der Waals surface area contributed by atoms with Crippen LogP contribution in [-0.2, 0) is 17.7 Å². The molecular weight excluding hydrogens is 376 g/mol. The standard InChI is InChI=1S/C20H40O5Si2/c1-10-11-17-19(21)20-18(23-17)12-22-26(13(2)3,14(4)5)25-27(24-20,15(6)7)16(8)9/h10,13-21H,1,11-12H2,2-9H3/t17-,18-,19+,20-/m1/s1. The monoisotopic (exact) mass is 416 g/mol. The van der Waals surface area contributed by atoms with E-state index >= 15 is 0 Å². The van der Waals surface area contributed by atoms with Crippen molar-refractivity contribution < 1.29 is 22.8 Å². The van der Waals surface area contributed by atoms with E-state index in [4.69, 9.17) is 17.7 Å². The van der Waals surface area contributed by atoms with Crippen LogP contribution in [-0.4, -0.2) is 53.3 Å². The van der Waals surface area contributed by atoms with Gasteiger partial charge in [-0.1, -0.05) is 61.5 Å². The Morgan fingerprint density at radius 3 is 1.93 bits per heavy atom. The molecule has 0 aromatic rings. The van der Waals surface area contributed by atoms with E-state index in [-0.39, 0.29) is 23.3 Å². The molecule has 4 atom stereocenters. The number of hydrogen-bond donors (Lipinski definition) is 1. The summed E-state index contributed by atoms with van der Waals surface area (Å²) in [5.41, 5.74) is 1.10. The van der Waals surface area contributed by atoms with Gasteiger partial charge in [0.25, 0.3) is 0 Å². The lowest BCUT2D eigenvalue weighted by Crippen LogP contribution is -2.65. The highest BCUT2D eigenvalue weighted by Gasteiger charge is 2.61. The van der Waals surface area contributed by atoms with Gasteiger partial charge >= 0.3 is 17.1 Å². The quantitative estimate of drug-likeness (QED) is 0.504. The summed E-state index contributed by atoms with van der Waals surface area (Å²) in [4.78, 5) is 0. The first-order chi connectivity index (χ1) is 12.5. The third-order valence-corrected chi connectivity index (χ3v) is 16.4. The SMILES string of the molecule is C=CC[C@H]1O[C@@H]2CO[Si](C(C)C)(C(C)C)O[Si](C(C)C)(C(C)C)O[C@H]2[C@H]1O. The summed E-state index contributed by atoms with van der Waals surface area (Å²) in [5.74, 6) is 0. The first-order valence-electron chi connectivity index (χ1n) is 10.5. The minimum absolute atomic E-state index is 0.245. The Kier molecular flexibility index (Phi) is 7.56. The highest BCUT2D eigenvalue weighted by Crippen LogP contribution is 2.47. The molecule has 2 heterocycles. The van der Waals surface area contributed by atoms with Gasteiger partial charge in [-0.15, -0.1) is 6.58 Å². The van der Waals surface area contributed by atoms with Crippen LogP contribution in [0.15, 0.2) is 12.7 Å². The molecule has 0 unspecified atom stereocenters. The molecule has 2 saturated heterocycles. The second-order valence-corrected chi connectivity index (χ2v) is 18.1. The van der Waals surface area contributed by atoms with E-state index in [1.165, 1.54) is 0 Å². The maximum absolute atomic E-state index is 10.9. The molecule has 2 aliphatic heterocycles. The Balaban J connectivity index is 2.51. The van der Waals surface area contributed by atoms with Crippen molar-refractivity contribution in [1.29, 1.82) is 0 Å². The van der Waals surface area contributed by atoms with Gasteiger partial charge in [-0.05, 0) is 28.6 Å². The molecule has 0 aromatic carbocycles. The van der Waals surface area contributed by atoms with Gasteiger partial charge in [0, 0.05) is 0 Å². The highest BCUT2D eigenvalue weighted by molar-refractivity contribution is 6.83. The Bertz CT molecular complexity index is 493. The fourth-order valence-corrected chi connectivity index (χ4v) is 15.8. The van der Waals surface area contributed by atoms with Crippen LogP contribution < -0.4 is 0 Å². The topological polar surface area (TPSA) is 57.2 Å². The van der Waals surface area contributed by atoms with E-state index in [0.29, 0.717) is 24.1 Å². The summed E-state index contributed by atoms with van der Waals surface area (Å²) >= 11 is 0. The number of ether oxygens (including phenoxy) is 1. The van der Waals surface area contributed by atoms with Crippen molar-refractivity contribution in [2.24, 2.45) is 0 Å². The predicted molar refractivity (Wildman–Crippen MR) is 113 cm³/mol. The zero-order chi connectivity index (χ0) is 20.6. The molecule has 0 spiro atoms. The summed E-state index contributed by atoms with van der Waals surface area (Å²) in [7, 11) is -5.24. The lowest BCUT2D eigenvalue weighted by Gasteiger charge is -2.51. The van der Waals surface area contributed by atoms with Crippen molar-refractivity contribution in [1.82, 2.24) is 0 Å². The van der Waals surface area contributed by atoms with Crippen LogP contribution in [0.4, 0.5) is 0 Å². The Hall–Kier alpha value is -0.0262. The van der Waals surface area contributed by atoms with Crippen molar-refractivity contribution in [3.8, 4) is 0 Å². The zero-order valence-corrected chi connectivity index (χ0v) is 20.4. The number of aliphatic hydroxyl groups excluding tert-OH is 1. The van der Waals surface area contributed by atoms with Gasteiger partial charge in [0.1, 0.15) is 18.3 Å². The molecule has 2 aliphatic rings. The van der Waals surface area contributed by atoms with E-state index in [1.54, 1.807) is 6.08 Å². The predicted octanol–water partition coefficient (Wildman–Crippen LogP) is 4.65. The lowest BCUT2D eigenvalue weighted by molar-refractivity contribution is -0.0380. The van der Waals surface area contributed by atoms with Gasteiger partial charge in [-0.3, -0.25) is 0 Å². The molecule has 2 rings (SSSR count). The van der Waals surface area contributed by atoms with Crippen molar-refractivity contribution >= 4 is 17.1 Å². The number of aliphatic hydroxyl groups is 1. The third-order valence-electron chi connectivity index (χ3n) is 6.16. The maximum Gasteiger partial charge on any atom is 0.335 e. The first kappa shape index (κ1) is 23.3. The molecule has 0 amide bonds. The summed E-state index contributed by atoms with van der Waals surface area (Å²) in [6, 6.07) is 0. The molecule has 0 saturated carbocycles. The van der Waals surface area contributed by atoms with Crippen LogP contribution in [0.2, 0.25) is 22.2 Å². The second kappa shape index (κ2) is 8.77. The van der Waals surface area contributed by atoms with Gasteiger partial charge in [-0.2, -0.15) is 0 Å². The molecule has 0 aromatic heterocycles. The van der Waals surface area contributed by atoms with Crippen LogP contribution in [0.3, 0.4) is 0 Å². The Labute approximate surface area is 167 Å². The van der Waals surface area contributed by atoms with Crippen molar-refractivity contribution in [3.05, 3.63) is 12.7 Å². The average molecular weight is 417 g/mol. The van der Waals surface area contributed by atoms with Crippen molar-refractivity contribution in [2.45, 2.75) is 108 Å². The molecule has 158 valence electrons. The Morgan fingerprint density at radius 2 is 1.48 bits per heavy atom. The summed E-state index contributed by atoms with van der Waals surface area (Å²) < 4.78 is 26.8. The minimum atomic E-state index is -2.69. The molecule has 5 nitrogen and oxygen atoms in total. The van der Waals surface area contributed by atoms with E-state index in [2.05, 4.69) is 62.0 Å². The summed E-state index contributed by atoms with van der Waals surface area (Å²) in [6.45, 7) is 21.8. The Morgan fingerprint density at radius 1 is 0.963 bits per heavy atom. The largest absolute Gasteiger partial charge is 0.414 e. The molecule has 1 N–H and O–H groups in total.